The van der Waals surface area contributed by atoms with Gasteiger partial charge >= 0.3 is 5.97 Å². The van der Waals surface area contributed by atoms with E-state index >= 15 is 0 Å². The van der Waals surface area contributed by atoms with E-state index in [0.717, 1.165) is 17.7 Å². The summed E-state index contributed by atoms with van der Waals surface area (Å²) in [6.45, 7) is 2.40. The fourth-order valence-electron chi connectivity index (χ4n) is 2.04. The first-order chi connectivity index (χ1) is 10.5. The number of carbonyl (C=O) groups excluding carboxylic acids is 1. The van der Waals surface area contributed by atoms with Gasteiger partial charge in [-0.2, -0.15) is 0 Å². The Morgan fingerprint density at radius 2 is 1.91 bits per heavy atom. The van der Waals surface area contributed by atoms with E-state index in [0.29, 0.717) is 13.0 Å². The number of carboxylic acid groups (broad SMARTS) is 1. The number of aliphatic carboxylic acids is 1. The van der Waals surface area contributed by atoms with Gasteiger partial charge in [0.15, 0.2) is 0 Å². The number of rotatable bonds is 9. The van der Waals surface area contributed by atoms with Crippen molar-refractivity contribution in [2.24, 2.45) is 0 Å². The highest BCUT2D eigenvalue weighted by atomic mass is 35.5. The Hall–Kier alpha value is -1.79. The van der Waals surface area contributed by atoms with Gasteiger partial charge in [0.2, 0.25) is 5.91 Å². The number of carbonyl (C=O) groups is 2. The van der Waals surface area contributed by atoms with Gasteiger partial charge in [0.05, 0.1) is 13.7 Å². The predicted octanol–water partition coefficient (Wildman–Crippen LogP) is 1.92. The van der Waals surface area contributed by atoms with Gasteiger partial charge in [-0.15, -0.1) is 12.4 Å². The van der Waals surface area contributed by atoms with Gasteiger partial charge in [-0.1, -0.05) is 25.5 Å². The second kappa shape index (κ2) is 10.9. The van der Waals surface area contributed by atoms with Crippen LogP contribution in [0.25, 0.3) is 0 Å². The lowest BCUT2D eigenvalue weighted by Gasteiger charge is -2.19. The fraction of sp³-hybridized carbons (Fsp3) is 0.500. The molecule has 2 N–H and O–H groups in total. The summed E-state index contributed by atoms with van der Waals surface area (Å²) in [5.74, 6) is -0.297. The van der Waals surface area contributed by atoms with Gasteiger partial charge < -0.3 is 14.7 Å². The van der Waals surface area contributed by atoms with E-state index in [9.17, 15) is 9.59 Å². The van der Waals surface area contributed by atoms with Crippen LogP contribution in [0.2, 0.25) is 0 Å². The summed E-state index contributed by atoms with van der Waals surface area (Å²) in [5.41, 5.74) is 0.986. The van der Waals surface area contributed by atoms with E-state index in [4.69, 9.17) is 9.84 Å². The number of halogens is 1. The van der Waals surface area contributed by atoms with Crippen LogP contribution in [-0.2, 0) is 16.1 Å². The Bertz CT molecular complexity index is 493. The molecule has 1 atom stereocenters. The third-order valence-corrected chi connectivity index (χ3v) is 3.38. The molecule has 23 heavy (non-hydrogen) atoms. The maximum Gasteiger partial charge on any atom is 0.320 e. The Morgan fingerprint density at radius 1 is 1.30 bits per heavy atom. The van der Waals surface area contributed by atoms with Crippen LogP contribution in [0.3, 0.4) is 0 Å². The zero-order valence-electron chi connectivity index (χ0n) is 13.7. The molecule has 1 aromatic rings. The third kappa shape index (κ3) is 7.34. The van der Waals surface area contributed by atoms with Crippen molar-refractivity contribution in [2.45, 2.75) is 32.4 Å². The molecule has 0 aliphatic heterocycles. The first kappa shape index (κ1) is 21.2. The molecular formula is C16H25ClN2O4. The van der Waals surface area contributed by atoms with E-state index in [1.54, 1.807) is 19.1 Å². The van der Waals surface area contributed by atoms with Gasteiger partial charge in [0.25, 0.3) is 0 Å². The van der Waals surface area contributed by atoms with Crippen molar-refractivity contribution in [3.05, 3.63) is 29.8 Å². The van der Waals surface area contributed by atoms with Crippen molar-refractivity contribution in [2.75, 3.05) is 20.7 Å². The van der Waals surface area contributed by atoms with Crippen LogP contribution >= 0.6 is 12.4 Å². The van der Waals surface area contributed by atoms with E-state index in [2.05, 4.69) is 5.32 Å². The number of amides is 1. The fourth-order valence-corrected chi connectivity index (χ4v) is 2.04. The van der Waals surface area contributed by atoms with E-state index in [1.807, 2.05) is 31.2 Å². The van der Waals surface area contributed by atoms with Gasteiger partial charge in [-0.05, 0) is 24.1 Å². The van der Waals surface area contributed by atoms with Crippen molar-refractivity contribution in [3.8, 4) is 5.75 Å². The summed E-state index contributed by atoms with van der Waals surface area (Å²) in [6.07, 6.45) is 1.25. The Kier molecular flexibility index (Phi) is 10.0. The molecular weight excluding hydrogens is 320 g/mol. The molecule has 6 nitrogen and oxygen atoms in total. The normalized spacial score (nSPS) is 11.3. The summed E-state index contributed by atoms with van der Waals surface area (Å²) >= 11 is 0. The highest BCUT2D eigenvalue weighted by Crippen LogP contribution is 2.12. The number of carboxylic acids is 1. The van der Waals surface area contributed by atoms with Gasteiger partial charge in [0, 0.05) is 13.6 Å². The lowest BCUT2D eigenvalue weighted by molar-refractivity contribution is -0.140. The van der Waals surface area contributed by atoms with E-state index in [-0.39, 0.29) is 24.9 Å². The molecule has 0 aliphatic carbocycles. The minimum atomic E-state index is -0.924. The molecule has 0 heterocycles. The van der Waals surface area contributed by atoms with Gasteiger partial charge in [-0.25, -0.2) is 0 Å². The minimum Gasteiger partial charge on any atom is -0.497 e. The monoisotopic (exact) mass is 344 g/mol. The molecule has 1 amide bonds. The van der Waals surface area contributed by atoms with E-state index in [1.165, 1.54) is 0 Å². The van der Waals surface area contributed by atoms with Gasteiger partial charge in [0.1, 0.15) is 11.8 Å². The van der Waals surface area contributed by atoms with Crippen molar-refractivity contribution >= 4 is 24.3 Å². The number of nitrogens with one attached hydrogen (secondary N) is 1. The molecule has 0 radical (unpaired) electrons. The number of methoxy groups -OCH3 is 1. The lowest BCUT2D eigenvalue weighted by atomic mass is 10.1. The first-order valence-electron chi connectivity index (χ1n) is 7.31. The molecule has 1 rings (SSSR count). The third-order valence-electron chi connectivity index (χ3n) is 3.38. The van der Waals surface area contributed by atoms with Crippen LogP contribution < -0.4 is 10.1 Å². The second-order valence-electron chi connectivity index (χ2n) is 5.16. The predicted molar refractivity (Wildman–Crippen MR) is 91.1 cm³/mol. The van der Waals surface area contributed by atoms with Crippen molar-refractivity contribution in [1.29, 1.82) is 0 Å². The molecule has 0 fully saturated rings. The van der Waals surface area contributed by atoms with Crippen molar-refractivity contribution in [3.63, 3.8) is 0 Å². The summed E-state index contributed by atoms with van der Waals surface area (Å²) < 4.78 is 5.09. The summed E-state index contributed by atoms with van der Waals surface area (Å²) in [4.78, 5) is 24.6. The molecule has 130 valence electrons. The minimum absolute atomic E-state index is 0. The molecule has 0 saturated heterocycles. The molecule has 0 aromatic heterocycles. The number of benzene rings is 1. The highest BCUT2D eigenvalue weighted by molar-refractivity contribution is 5.85. The number of hydrogen-bond acceptors (Lipinski definition) is 4. The van der Waals surface area contributed by atoms with Crippen molar-refractivity contribution in [1.82, 2.24) is 10.2 Å². The number of likely N-dealkylation sites (N-methyl/N-ethyl adjacent to an activating group) is 1. The van der Waals surface area contributed by atoms with Crippen LogP contribution in [0, 0.1) is 0 Å². The summed E-state index contributed by atoms with van der Waals surface area (Å²) in [7, 11) is 3.30. The summed E-state index contributed by atoms with van der Waals surface area (Å²) in [5, 5.41) is 11.8. The van der Waals surface area contributed by atoms with E-state index < -0.39 is 12.0 Å². The van der Waals surface area contributed by atoms with Crippen LogP contribution in [0.5, 0.6) is 5.75 Å². The topological polar surface area (TPSA) is 78.9 Å². The Labute approximate surface area is 143 Å². The van der Waals surface area contributed by atoms with Crippen LogP contribution in [-0.4, -0.2) is 48.6 Å². The summed E-state index contributed by atoms with van der Waals surface area (Å²) in [6, 6.07) is 6.80. The maximum absolute atomic E-state index is 12.0. The van der Waals surface area contributed by atoms with Crippen LogP contribution in [0.4, 0.5) is 0 Å². The number of ether oxygens (including phenoxy) is 1. The quantitative estimate of drug-likeness (QED) is 0.715. The van der Waals surface area contributed by atoms with Crippen LogP contribution in [0.1, 0.15) is 25.3 Å². The number of nitrogens with zero attached hydrogens (tertiary/aromatic N) is 1. The standard InChI is InChI=1S/C16H24N2O4.ClH/c1-4-5-14(16(20)21)17-10-15(19)18(2)11-12-6-8-13(22-3)9-7-12;/h6-9,14,17H,4-5,10-11H2,1-3H3,(H,20,21);1H. The molecule has 1 aromatic carbocycles. The largest absolute Gasteiger partial charge is 0.497 e. The molecule has 0 spiro atoms. The lowest BCUT2D eigenvalue weighted by Crippen LogP contribution is -2.43. The Balaban J connectivity index is 0.00000484. The highest BCUT2D eigenvalue weighted by Gasteiger charge is 2.18. The first-order valence-corrected chi connectivity index (χ1v) is 7.31. The van der Waals surface area contributed by atoms with Crippen molar-refractivity contribution < 1.29 is 19.4 Å². The average Bonchev–Trinajstić information content (AvgIpc) is 2.51. The molecule has 0 saturated carbocycles. The zero-order valence-corrected chi connectivity index (χ0v) is 14.6. The molecule has 1 unspecified atom stereocenters. The second-order valence-corrected chi connectivity index (χ2v) is 5.16. The molecule has 0 aliphatic rings. The Morgan fingerprint density at radius 3 is 2.39 bits per heavy atom. The molecule has 7 heteroatoms. The average molecular weight is 345 g/mol. The SMILES string of the molecule is CCCC(NCC(=O)N(C)Cc1ccc(OC)cc1)C(=O)O.Cl. The zero-order chi connectivity index (χ0) is 16.5. The number of hydrogen-bond donors (Lipinski definition) is 2. The maximum atomic E-state index is 12.0. The smallest absolute Gasteiger partial charge is 0.320 e. The van der Waals surface area contributed by atoms with Gasteiger partial charge in [-0.3, -0.25) is 14.9 Å². The van der Waals surface area contributed by atoms with Crippen LogP contribution in [0.15, 0.2) is 24.3 Å². The molecule has 0 bridgehead atoms.